The molecule has 2 aliphatic heterocycles. The van der Waals surface area contributed by atoms with Crippen LogP contribution in [-0.2, 0) is 46.0 Å². The fourth-order valence-electron chi connectivity index (χ4n) is 11.1. The Morgan fingerprint density at radius 1 is 0.512 bits per heavy atom. The van der Waals surface area contributed by atoms with E-state index in [-0.39, 0.29) is 24.2 Å². The molecule has 9 heterocycles. The number of aryl methyl sites for hydroxylation is 2. The second-order valence-electron chi connectivity index (χ2n) is 21.3. The average Bonchev–Trinajstić information content (AvgIpc) is 4.49. The van der Waals surface area contributed by atoms with Crippen LogP contribution in [0.15, 0.2) is 44.0 Å². The fourth-order valence-corrected chi connectivity index (χ4v) is 11.1. The number of rotatable bonds is 22. The summed E-state index contributed by atoms with van der Waals surface area (Å²) in [7, 11) is 3.83. The van der Waals surface area contributed by atoms with Gasteiger partial charge in [-0.05, 0) is 65.2 Å². The van der Waals surface area contributed by atoms with Crippen molar-refractivity contribution in [3.63, 3.8) is 0 Å². The maximum Gasteiger partial charge on any atom is 0.252 e. The van der Waals surface area contributed by atoms with Gasteiger partial charge >= 0.3 is 0 Å². The molecular weight excluding hydrogens is 1060 g/mol. The molecule has 0 unspecified atom stereocenters. The number of hydrogen-bond donors (Lipinski definition) is 12. The molecule has 7 aromatic heterocycles. The molecule has 4 fully saturated rings. The summed E-state index contributed by atoms with van der Waals surface area (Å²) in [6.45, 7) is 5.17. The Hall–Kier alpha value is -7.97. The van der Waals surface area contributed by atoms with E-state index in [4.69, 9.17) is 34.4 Å². The molecule has 0 aromatic carbocycles. The van der Waals surface area contributed by atoms with Crippen molar-refractivity contribution in [1.82, 2.24) is 83.7 Å². The van der Waals surface area contributed by atoms with Gasteiger partial charge in [-0.2, -0.15) is 24.9 Å². The van der Waals surface area contributed by atoms with Crippen LogP contribution in [0.2, 0.25) is 0 Å². The summed E-state index contributed by atoms with van der Waals surface area (Å²) >= 11 is 0. The van der Waals surface area contributed by atoms with Crippen molar-refractivity contribution >= 4 is 69.6 Å². The molecule has 11 rings (SSSR count). The molecule has 31 heteroatoms. The zero-order chi connectivity index (χ0) is 57.0. The van der Waals surface area contributed by atoms with Crippen LogP contribution in [0.25, 0.3) is 22.3 Å². The Morgan fingerprint density at radius 3 is 1.29 bits per heavy atom. The van der Waals surface area contributed by atoms with Gasteiger partial charge in [-0.15, -0.1) is 0 Å². The lowest BCUT2D eigenvalue weighted by atomic mass is 9.91. The van der Waals surface area contributed by atoms with Crippen molar-refractivity contribution in [2.24, 2.45) is 14.1 Å². The summed E-state index contributed by atoms with van der Waals surface area (Å²) in [4.78, 5) is 76.5. The van der Waals surface area contributed by atoms with E-state index in [2.05, 4.69) is 72.4 Å². The SMILES string of the molecule is CCNC(=O)[C@H]1O[C@@H](n2cnc3c(N[C@H]4CC[C@H](Nc5ncnc(N[C@H]6CC[C@H](Nc7nc(NCCc8cn(C)cn8)nc8c7ncn8[C@@H]7O[C@H](C(=O)NCC)[C@@H](O)[C@H]7O)CC6)n5)CC4)nc(NCCc4cn(C)cn4)nc32)[C@H](O)[C@@H]1O. The lowest BCUT2D eigenvalue weighted by molar-refractivity contribution is -0.138. The molecule has 7 aromatic rings. The first-order valence-electron chi connectivity index (χ1n) is 28.0. The van der Waals surface area contributed by atoms with Gasteiger partial charge < -0.3 is 81.6 Å². The molecule has 4 aliphatic rings. The third-order valence-electron chi connectivity index (χ3n) is 15.3. The molecule has 2 saturated carbocycles. The largest absolute Gasteiger partial charge is 0.387 e. The normalized spacial score (nSPS) is 26.4. The topological polar surface area (TPSA) is 391 Å². The summed E-state index contributed by atoms with van der Waals surface area (Å²) < 4.78 is 18.7. The van der Waals surface area contributed by atoms with Gasteiger partial charge in [0.05, 0.1) is 36.7 Å². The fraction of sp³-hybridized carbons (Fsp3) is 0.588. The van der Waals surface area contributed by atoms with Gasteiger partial charge in [0.15, 0.2) is 58.6 Å². The van der Waals surface area contributed by atoms with Crippen LogP contribution in [0.5, 0.6) is 0 Å². The predicted octanol–water partition coefficient (Wildman–Crippen LogP) is 0.108. The van der Waals surface area contributed by atoms with Crippen LogP contribution >= 0.6 is 0 Å². The zero-order valence-corrected chi connectivity index (χ0v) is 46.0. The Bertz CT molecular complexity index is 3110. The molecule has 31 nitrogen and oxygen atoms in total. The van der Waals surface area contributed by atoms with E-state index in [9.17, 15) is 30.0 Å². The molecule has 2 saturated heterocycles. The van der Waals surface area contributed by atoms with E-state index < -0.39 is 60.9 Å². The number of fused-ring (bicyclic) bond motifs is 2. The number of aromatic nitrogens is 15. The number of aliphatic hydroxyl groups is 4. The minimum atomic E-state index is -1.46. The molecule has 12 N–H and O–H groups in total. The first-order chi connectivity index (χ1) is 39.8. The minimum Gasteiger partial charge on any atom is -0.387 e. The summed E-state index contributed by atoms with van der Waals surface area (Å²) in [5, 5.41) is 70.1. The van der Waals surface area contributed by atoms with Gasteiger partial charge in [0.1, 0.15) is 30.7 Å². The summed E-state index contributed by atoms with van der Waals surface area (Å²) in [5.74, 6) is 1.53. The number of nitrogens with one attached hydrogen (secondary N) is 8. The molecule has 2 aliphatic carbocycles. The number of likely N-dealkylation sites (N-methyl/N-ethyl adjacent to an activating group) is 2. The van der Waals surface area contributed by atoms with Crippen LogP contribution in [0.4, 0.5) is 35.4 Å². The van der Waals surface area contributed by atoms with Crippen molar-refractivity contribution in [3.8, 4) is 0 Å². The van der Waals surface area contributed by atoms with Gasteiger partial charge in [0, 0.05) is 89.7 Å². The lowest BCUT2D eigenvalue weighted by Crippen LogP contribution is -2.42. The van der Waals surface area contributed by atoms with Crippen molar-refractivity contribution in [1.29, 1.82) is 0 Å². The molecule has 0 bridgehead atoms. The van der Waals surface area contributed by atoms with Gasteiger partial charge in [0.2, 0.25) is 23.8 Å². The van der Waals surface area contributed by atoms with Gasteiger partial charge in [0.25, 0.3) is 11.8 Å². The van der Waals surface area contributed by atoms with Crippen molar-refractivity contribution < 1.29 is 39.5 Å². The predicted molar refractivity (Wildman–Crippen MR) is 297 cm³/mol. The van der Waals surface area contributed by atoms with Gasteiger partial charge in [-0.25, -0.2) is 29.9 Å². The lowest BCUT2D eigenvalue weighted by Gasteiger charge is -2.31. The highest BCUT2D eigenvalue weighted by atomic mass is 16.6. The van der Waals surface area contributed by atoms with E-state index >= 15 is 0 Å². The van der Waals surface area contributed by atoms with Crippen LogP contribution in [0.3, 0.4) is 0 Å². The molecule has 438 valence electrons. The summed E-state index contributed by atoms with van der Waals surface area (Å²) in [5.41, 5.74) is 3.39. The molecule has 2 amide bonds. The minimum absolute atomic E-state index is 0.0315. The van der Waals surface area contributed by atoms with Crippen LogP contribution < -0.4 is 42.5 Å². The molecule has 0 radical (unpaired) electrons. The standard InChI is InChI=1S/C51H71N23O8/c1-5-52-44(79)38-34(75)36(77)46(81-38)73-24-60-32-40(66-48(68-42(32)73)54-17-15-30-19-71(3)22-58-30)62-26-7-11-28(12-8-26)64-50-56-21-57-51(70-50)65-29-13-9-27(10-14-29)63-41-33-43(69-49(67-41)55-18-16-31-20-72(4)23-59-31)74(25-61-33)47-37(78)35(76)39(82-47)45(80)53-6-2/h19-29,34-39,46-47,75-78H,5-18H2,1-4H3,(H,52,79)(H,53,80)(H2,54,62,66,68)(H2,55,63,67,69)(H2,56,57,64,65,70)/t26-,27-,28-,29-,34-,35-,36+,37+,38-,39-,46+,47+/m0/s1. The number of carbonyl (C=O) groups is 2. The second kappa shape index (κ2) is 24.6. The van der Waals surface area contributed by atoms with E-state index in [1.807, 2.05) is 35.6 Å². The number of hydrogen-bond acceptors (Lipinski definition) is 25. The first kappa shape index (κ1) is 55.9. The van der Waals surface area contributed by atoms with Crippen LogP contribution in [0.1, 0.15) is 89.1 Å². The third-order valence-corrected chi connectivity index (χ3v) is 15.3. The Labute approximate surface area is 470 Å². The van der Waals surface area contributed by atoms with Crippen molar-refractivity contribution in [3.05, 3.63) is 55.4 Å². The highest BCUT2D eigenvalue weighted by molar-refractivity contribution is 5.86. The van der Waals surface area contributed by atoms with E-state index in [0.717, 1.165) is 62.8 Å². The van der Waals surface area contributed by atoms with E-state index in [1.165, 1.54) is 28.1 Å². The van der Waals surface area contributed by atoms with E-state index in [0.29, 0.717) is 96.8 Å². The quantitative estimate of drug-likeness (QED) is 0.0428. The van der Waals surface area contributed by atoms with Crippen molar-refractivity contribution in [2.45, 2.75) is 151 Å². The maximum atomic E-state index is 12.7. The number of carbonyl (C=O) groups excluding carboxylic acids is 2. The van der Waals surface area contributed by atoms with Crippen LogP contribution in [0, 0.1) is 0 Å². The molecule has 8 atom stereocenters. The van der Waals surface area contributed by atoms with E-state index in [1.54, 1.807) is 26.5 Å². The number of aliphatic hydroxyl groups excluding tert-OH is 4. The highest BCUT2D eigenvalue weighted by Gasteiger charge is 2.49. The number of imidazole rings is 4. The Kier molecular flexibility index (Phi) is 16.8. The zero-order valence-electron chi connectivity index (χ0n) is 46.0. The van der Waals surface area contributed by atoms with Gasteiger partial charge in [-0.1, -0.05) is 0 Å². The number of nitrogens with zero attached hydrogens (tertiary/aromatic N) is 15. The maximum absolute atomic E-state index is 12.7. The summed E-state index contributed by atoms with van der Waals surface area (Å²) in [6.07, 6.45) is 8.85. The first-order valence-corrected chi connectivity index (χ1v) is 28.0. The van der Waals surface area contributed by atoms with Crippen molar-refractivity contribution in [2.75, 3.05) is 58.1 Å². The number of ether oxygens (including phenoxy) is 2. The molecular formula is C51H71N23O8. The number of amides is 2. The van der Waals surface area contributed by atoms with Gasteiger partial charge in [-0.3, -0.25) is 18.7 Å². The second-order valence-corrected chi connectivity index (χ2v) is 21.3. The average molecular weight is 1130 g/mol. The Balaban J connectivity index is 0.703. The van der Waals surface area contributed by atoms with Crippen LogP contribution in [-0.4, -0.2) is 192 Å². The monoisotopic (exact) mass is 1130 g/mol. The third kappa shape index (κ3) is 12.3. The highest BCUT2D eigenvalue weighted by Crippen LogP contribution is 2.36. The molecule has 82 heavy (non-hydrogen) atoms. The summed E-state index contributed by atoms with van der Waals surface area (Å²) in [6, 6.07) is 0.251. The Morgan fingerprint density at radius 2 is 0.915 bits per heavy atom. The molecule has 0 spiro atoms. The number of anilines is 6. The smallest absolute Gasteiger partial charge is 0.252 e.